The van der Waals surface area contributed by atoms with Gasteiger partial charge in [-0.15, -0.1) is 0 Å². The first-order valence-corrected chi connectivity index (χ1v) is 12.0. The standard InChI is InChI=1S/C29H14N2O4S/c32-25-15-7-2-1-6-14(15)24-23-19(25)12-13-20(28(23)36-31-24)29(35)30-21-11-5-10-18-22(21)27(34)17-9-4-3-8-16(17)26(18)33/h1-13H,(H,30,35). The zero-order valence-electron chi connectivity index (χ0n) is 18.5. The van der Waals surface area contributed by atoms with E-state index in [1.807, 2.05) is 18.2 Å². The van der Waals surface area contributed by atoms with Gasteiger partial charge in [0.15, 0.2) is 17.3 Å². The minimum atomic E-state index is -0.449. The second kappa shape index (κ2) is 7.37. The van der Waals surface area contributed by atoms with Gasteiger partial charge in [-0.3, -0.25) is 19.2 Å². The van der Waals surface area contributed by atoms with Crippen LogP contribution in [0.4, 0.5) is 5.69 Å². The molecule has 1 heterocycles. The molecule has 0 atom stereocenters. The van der Waals surface area contributed by atoms with Crippen LogP contribution in [0, 0.1) is 0 Å². The van der Waals surface area contributed by atoms with Crippen LogP contribution in [0.15, 0.2) is 78.9 Å². The Morgan fingerprint density at radius 3 is 2.00 bits per heavy atom. The van der Waals surface area contributed by atoms with Crippen LogP contribution in [0.5, 0.6) is 0 Å². The monoisotopic (exact) mass is 486 g/mol. The molecule has 0 unspecified atom stereocenters. The molecule has 1 N–H and O–H groups in total. The highest BCUT2D eigenvalue weighted by Crippen LogP contribution is 2.42. The summed E-state index contributed by atoms with van der Waals surface area (Å²) < 4.78 is 5.18. The third kappa shape index (κ3) is 2.68. The second-order valence-electron chi connectivity index (χ2n) is 8.66. The third-order valence-electron chi connectivity index (χ3n) is 6.74. The Kier molecular flexibility index (Phi) is 4.22. The number of benzene rings is 4. The van der Waals surface area contributed by atoms with Gasteiger partial charge >= 0.3 is 0 Å². The Labute approximate surface area is 208 Å². The first-order valence-electron chi connectivity index (χ1n) is 11.2. The molecule has 5 aromatic rings. The number of nitrogens with zero attached hydrogens (tertiary/aromatic N) is 1. The summed E-state index contributed by atoms with van der Waals surface area (Å²) in [5.41, 5.74) is 4.25. The van der Waals surface area contributed by atoms with Crippen LogP contribution in [0.3, 0.4) is 0 Å². The zero-order valence-corrected chi connectivity index (χ0v) is 19.3. The molecule has 7 heteroatoms. The molecule has 1 amide bonds. The van der Waals surface area contributed by atoms with E-state index in [-0.39, 0.29) is 34.2 Å². The van der Waals surface area contributed by atoms with E-state index in [1.165, 1.54) is 0 Å². The molecule has 0 saturated heterocycles. The van der Waals surface area contributed by atoms with E-state index in [9.17, 15) is 19.2 Å². The van der Waals surface area contributed by atoms with E-state index in [0.717, 1.165) is 17.1 Å². The topological polar surface area (TPSA) is 93.2 Å². The predicted octanol–water partition coefficient (Wildman–Crippen LogP) is 5.54. The van der Waals surface area contributed by atoms with Crippen molar-refractivity contribution in [3.05, 3.63) is 118 Å². The molecule has 36 heavy (non-hydrogen) atoms. The van der Waals surface area contributed by atoms with Gasteiger partial charge in [0, 0.05) is 38.8 Å². The van der Waals surface area contributed by atoms with Crippen molar-refractivity contribution in [1.82, 2.24) is 4.37 Å². The summed E-state index contributed by atoms with van der Waals surface area (Å²) in [6.45, 7) is 0. The Morgan fingerprint density at radius 2 is 1.25 bits per heavy atom. The highest BCUT2D eigenvalue weighted by molar-refractivity contribution is 7.14. The van der Waals surface area contributed by atoms with Crippen LogP contribution >= 0.6 is 11.5 Å². The van der Waals surface area contributed by atoms with Crippen LogP contribution in [0.1, 0.15) is 58.1 Å². The van der Waals surface area contributed by atoms with Crippen molar-refractivity contribution in [2.24, 2.45) is 0 Å². The molecule has 0 aliphatic heterocycles. The van der Waals surface area contributed by atoms with Crippen molar-refractivity contribution >= 4 is 50.6 Å². The summed E-state index contributed by atoms with van der Waals surface area (Å²) in [6, 6.07) is 22.1. The molecule has 2 aliphatic carbocycles. The van der Waals surface area contributed by atoms with Crippen LogP contribution in [0.2, 0.25) is 0 Å². The molecule has 7 rings (SSSR count). The Morgan fingerprint density at radius 1 is 0.639 bits per heavy atom. The van der Waals surface area contributed by atoms with Crippen LogP contribution in [0.25, 0.3) is 21.3 Å². The average Bonchev–Trinajstić information content (AvgIpc) is 3.36. The number of nitrogens with one attached hydrogen (secondary N) is 1. The SMILES string of the molecule is O=C1c2ccccc2C(=O)c2c(NC(=O)c3ccc4c5c(nsc35)-c3ccccc3C4=O)cccc21. The summed E-state index contributed by atoms with van der Waals surface area (Å²) in [5.74, 6) is -1.12. The highest BCUT2D eigenvalue weighted by Gasteiger charge is 2.33. The second-order valence-corrected chi connectivity index (χ2v) is 9.43. The van der Waals surface area contributed by atoms with Gasteiger partial charge in [-0.1, -0.05) is 60.7 Å². The smallest absolute Gasteiger partial charge is 0.257 e. The highest BCUT2D eigenvalue weighted by atomic mass is 32.1. The largest absolute Gasteiger partial charge is 0.321 e. The lowest BCUT2D eigenvalue weighted by molar-refractivity contribution is 0.0978. The minimum Gasteiger partial charge on any atom is -0.321 e. The fraction of sp³-hybridized carbons (Fsp3) is 0. The lowest BCUT2D eigenvalue weighted by atomic mass is 9.83. The van der Waals surface area contributed by atoms with Crippen LogP contribution in [-0.4, -0.2) is 27.6 Å². The number of hydrogen-bond acceptors (Lipinski definition) is 6. The van der Waals surface area contributed by atoms with E-state index >= 15 is 0 Å². The van der Waals surface area contributed by atoms with Crippen LogP contribution in [-0.2, 0) is 0 Å². The number of amides is 1. The van der Waals surface area contributed by atoms with Gasteiger partial charge in [0.1, 0.15) is 0 Å². The van der Waals surface area contributed by atoms with Gasteiger partial charge in [-0.05, 0) is 29.7 Å². The van der Waals surface area contributed by atoms with E-state index in [2.05, 4.69) is 9.69 Å². The molecule has 0 radical (unpaired) electrons. The number of carbonyl (C=O) groups excluding carboxylic acids is 4. The molecule has 170 valence electrons. The summed E-state index contributed by atoms with van der Waals surface area (Å²) in [4.78, 5) is 52.9. The normalized spacial score (nSPS) is 13.3. The summed E-state index contributed by atoms with van der Waals surface area (Å²) in [6.07, 6.45) is 0. The van der Waals surface area contributed by atoms with E-state index in [0.29, 0.717) is 43.6 Å². The summed E-state index contributed by atoms with van der Waals surface area (Å²) in [7, 11) is 0. The number of rotatable bonds is 2. The molecule has 2 aliphatic rings. The molecular formula is C29H14N2O4S. The van der Waals surface area contributed by atoms with Gasteiger partial charge in [0.05, 0.1) is 27.2 Å². The van der Waals surface area contributed by atoms with Crippen molar-refractivity contribution in [3.63, 3.8) is 0 Å². The Hall–Kier alpha value is -4.75. The minimum absolute atomic E-state index is 0.102. The molecule has 1 aromatic heterocycles. The number of aromatic nitrogens is 1. The Balaban J connectivity index is 1.33. The number of hydrogen-bond donors (Lipinski definition) is 1. The molecule has 4 aromatic carbocycles. The van der Waals surface area contributed by atoms with Crippen LogP contribution < -0.4 is 5.32 Å². The lowest BCUT2D eigenvalue weighted by Gasteiger charge is -2.20. The molecule has 6 nitrogen and oxygen atoms in total. The van der Waals surface area contributed by atoms with Gasteiger partial charge in [0.2, 0.25) is 0 Å². The van der Waals surface area contributed by atoms with Gasteiger partial charge in [-0.2, -0.15) is 4.37 Å². The molecule has 0 spiro atoms. The Bertz CT molecular complexity index is 1850. The molecular weight excluding hydrogens is 472 g/mol. The number of ketones is 3. The fourth-order valence-electron chi connectivity index (χ4n) is 5.07. The van der Waals surface area contributed by atoms with Gasteiger partial charge < -0.3 is 5.32 Å². The van der Waals surface area contributed by atoms with Crippen molar-refractivity contribution in [1.29, 1.82) is 0 Å². The summed E-state index contributed by atoms with van der Waals surface area (Å²) in [5, 5.41) is 3.50. The van der Waals surface area contributed by atoms with E-state index in [1.54, 1.807) is 60.7 Å². The van der Waals surface area contributed by atoms with Crippen molar-refractivity contribution in [2.75, 3.05) is 5.32 Å². The predicted molar refractivity (Wildman–Crippen MR) is 136 cm³/mol. The third-order valence-corrected chi connectivity index (χ3v) is 7.62. The lowest BCUT2D eigenvalue weighted by Crippen LogP contribution is -2.24. The number of fused-ring (bicyclic) bond motifs is 4. The van der Waals surface area contributed by atoms with Gasteiger partial charge in [0.25, 0.3) is 5.91 Å². The van der Waals surface area contributed by atoms with Crippen molar-refractivity contribution < 1.29 is 19.2 Å². The maximum absolute atomic E-state index is 13.5. The zero-order chi connectivity index (χ0) is 24.6. The number of carbonyl (C=O) groups is 4. The van der Waals surface area contributed by atoms with E-state index < -0.39 is 5.91 Å². The quantitative estimate of drug-likeness (QED) is 0.347. The molecule has 0 fully saturated rings. The average molecular weight is 487 g/mol. The maximum Gasteiger partial charge on any atom is 0.257 e. The van der Waals surface area contributed by atoms with E-state index in [4.69, 9.17) is 0 Å². The van der Waals surface area contributed by atoms with Crippen molar-refractivity contribution in [2.45, 2.75) is 0 Å². The first kappa shape index (κ1) is 20.6. The molecule has 0 bridgehead atoms. The first-order chi connectivity index (χ1) is 17.5. The maximum atomic E-state index is 13.5. The van der Waals surface area contributed by atoms with Crippen molar-refractivity contribution in [3.8, 4) is 11.3 Å². The van der Waals surface area contributed by atoms with Gasteiger partial charge in [-0.25, -0.2) is 0 Å². The molecule has 0 saturated carbocycles. The number of anilines is 1. The summed E-state index contributed by atoms with van der Waals surface area (Å²) >= 11 is 1.16. The fourth-order valence-corrected chi connectivity index (χ4v) is 6.00.